The molecule has 0 bridgehead atoms. The van der Waals surface area contributed by atoms with Gasteiger partial charge in [0, 0.05) is 17.6 Å². The lowest BCUT2D eigenvalue weighted by atomic mass is 10.2. The number of rotatable bonds is 4. The molecule has 0 aliphatic carbocycles. The van der Waals surface area contributed by atoms with E-state index in [2.05, 4.69) is 10.3 Å². The van der Waals surface area contributed by atoms with Crippen molar-refractivity contribution in [2.75, 3.05) is 13.6 Å². The molecule has 1 aromatic heterocycles. The van der Waals surface area contributed by atoms with Crippen molar-refractivity contribution in [1.29, 1.82) is 0 Å². The molecule has 0 fully saturated rings. The molecule has 1 atom stereocenters. The summed E-state index contributed by atoms with van der Waals surface area (Å²) in [6, 6.07) is 5.55. The van der Waals surface area contributed by atoms with E-state index >= 15 is 0 Å². The first-order valence-corrected chi connectivity index (χ1v) is 6.85. The molecule has 102 valence electrons. The average Bonchev–Trinajstić information content (AvgIpc) is 2.34. The smallest absolute Gasteiger partial charge is 0.164 e. The Morgan fingerprint density at radius 2 is 2.05 bits per heavy atom. The van der Waals surface area contributed by atoms with E-state index in [1.807, 2.05) is 33.0 Å². The van der Waals surface area contributed by atoms with E-state index in [0.717, 1.165) is 17.6 Å². The number of benzene rings is 1. The van der Waals surface area contributed by atoms with E-state index in [0.29, 0.717) is 21.3 Å². The van der Waals surface area contributed by atoms with Crippen molar-refractivity contribution >= 4 is 34.1 Å². The van der Waals surface area contributed by atoms with Crippen molar-refractivity contribution in [2.24, 2.45) is 0 Å². The summed E-state index contributed by atoms with van der Waals surface area (Å²) >= 11 is 12.4. The van der Waals surface area contributed by atoms with Gasteiger partial charge >= 0.3 is 0 Å². The van der Waals surface area contributed by atoms with Crippen LogP contribution in [0.4, 0.5) is 0 Å². The van der Waals surface area contributed by atoms with Crippen LogP contribution in [0.5, 0.6) is 5.75 Å². The van der Waals surface area contributed by atoms with Gasteiger partial charge in [0.2, 0.25) is 0 Å². The largest absolute Gasteiger partial charge is 0.486 e. The van der Waals surface area contributed by atoms with Gasteiger partial charge in [-0.1, -0.05) is 23.2 Å². The number of nitrogens with one attached hydrogen (secondary N) is 1. The molecule has 1 N–H and O–H groups in total. The molecule has 1 heterocycles. The summed E-state index contributed by atoms with van der Waals surface area (Å²) in [5.41, 5.74) is 1.61. The van der Waals surface area contributed by atoms with Crippen LogP contribution in [0.3, 0.4) is 0 Å². The number of halogens is 2. The van der Waals surface area contributed by atoms with Crippen molar-refractivity contribution in [3.05, 3.63) is 33.9 Å². The Hall–Kier alpha value is -1.03. The standard InChI is InChI=1S/C14H16Cl2N2O/c1-8-4-5-10-11(15)6-12(16)14(13(10)18-8)19-9(2)7-17-3/h4-6,9,17H,7H2,1-3H3. The zero-order valence-corrected chi connectivity index (χ0v) is 12.6. The van der Waals surface area contributed by atoms with Crippen LogP contribution in [0, 0.1) is 6.92 Å². The molecule has 2 aromatic rings. The number of fused-ring (bicyclic) bond motifs is 1. The Balaban J connectivity index is 2.55. The van der Waals surface area contributed by atoms with E-state index in [9.17, 15) is 0 Å². The van der Waals surface area contributed by atoms with Gasteiger partial charge in [0.1, 0.15) is 11.6 Å². The number of nitrogens with zero attached hydrogens (tertiary/aromatic N) is 1. The summed E-state index contributed by atoms with van der Waals surface area (Å²) in [7, 11) is 1.88. The highest BCUT2D eigenvalue weighted by molar-refractivity contribution is 6.39. The normalized spacial score (nSPS) is 12.7. The minimum atomic E-state index is -0.00538. The van der Waals surface area contributed by atoms with Crippen LogP contribution >= 0.6 is 23.2 Å². The number of aryl methyl sites for hydroxylation is 1. The van der Waals surface area contributed by atoms with Crippen molar-refractivity contribution in [3.63, 3.8) is 0 Å². The highest BCUT2D eigenvalue weighted by Crippen LogP contribution is 2.37. The molecule has 1 unspecified atom stereocenters. The monoisotopic (exact) mass is 298 g/mol. The van der Waals surface area contributed by atoms with E-state index in [1.54, 1.807) is 6.07 Å². The van der Waals surface area contributed by atoms with Gasteiger partial charge in [-0.15, -0.1) is 0 Å². The molecule has 0 aliphatic heterocycles. The van der Waals surface area contributed by atoms with E-state index in [-0.39, 0.29) is 6.10 Å². The maximum absolute atomic E-state index is 6.24. The minimum Gasteiger partial charge on any atom is -0.486 e. The topological polar surface area (TPSA) is 34.1 Å². The van der Waals surface area contributed by atoms with Gasteiger partial charge in [0.25, 0.3) is 0 Å². The van der Waals surface area contributed by atoms with Crippen LogP contribution in [0.15, 0.2) is 18.2 Å². The summed E-state index contributed by atoms with van der Waals surface area (Å²) in [4.78, 5) is 4.50. The lowest BCUT2D eigenvalue weighted by molar-refractivity contribution is 0.223. The Bertz CT molecular complexity index is 602. The third kappa shape index (κ3) is 3.11. The van der Waals surface area contributed by atoms with Crippen LogP contribution in [-0.2, 0) is 0 Å². The summed E-state index contributed by atoms with van der Waals surface area (Å²) in [6.07, 6.45) is -0.00538. The molecule has 1 aromatic carbocycles. The fourth-order valence-corrected chi connectivity index (χ4v) is 2.49. The van der Waals surface area contributed by atoms with Crippen LogP contribution in [0.2, 0.25) is 10.0 Å². The Morgan fingerprint density at radius 3 is 2.74 bits per heavy atom. The van der Waals surface area contributed by atoms with Crippen molar-refractivity contribution in [2.45, 2.75) is 20.0 Å². The molecule has 0 saturated heterocycles. The Kier molecular flexibility index (Phi) is 4.50. The van der Waals surface area contributed by atoms with Crippen LogP contribution in [0.25, 0.3) is 10.9 Å². The third-order valence-corrected chi connectivity index (χ3v) is 3.38. The van der Waals surface area contributed by atoms with Crippen molar-refractivity contribution in [1.82, 2.24) is 10.3 Å². The number of hydrogen-bond acceptors (Lipinski definition) is 3. The van der Waals surface area contributed by atoms with Crippen LogP contribution < -0.4 is 10.1 Å². The highest BCUT2D eigenvalue weighted by Gasteiger charge is 2.15. The average molecular weight is 299 g/mol. The predicted molar refractivity (Wildman–Crippen MR) is 80.5 cm³/mol. The minimum absolute atomic E-state index is 0.00538. The van der Waals surface area contributed by atoms with Gasteiger partial charge in [-0.05, 0) is 39.1 Å². The van der Waals surface area contributed by atoms with Gasteiger partial charge in [0.05, 0.1) is 10.0 Å². The van der Waals surface area contributed by atoms with Gasteiger partial charge in [0.15, 0.2) is 5.75 Å². The predicted octanol–water partition coefficient (Wildman–Crippen LogP) is 3.84. The van der Waals surface area contributed by atoms with Crippen molar-refractivity contribution in [3.8, 4) is 5.75 Å². The van der Waals surface area contributed by atoms with Gasteiger partial charge in [-0.3, -0.25) is 0 Å². The molecule has 0 spiro atoms. The zero-order chi connectivity index (χ0) is 14.0. The van der Waals surface area contributed by atoms with Gasteiger partial charge in [-0.2, -0.15) is 0 Å². The van der Waals surface area contributed by atoms with Crippen LogP contribution in [0.1, 0.15) is 12.6 Å². The molecule has 0 radical (unpaired) electrons. The number of hydrogen-bond donors (Lipinski definition) is 1. The lowest BCUT2D eigenvalue weighted by Gasteiger charge is -2.17. The number of likely N-dealkylation sites (N-methyl/N-ethyl adjacent to an activating group) is 1. The second kappa shape index (κ2) is 5.95. The molecule has 2 rings (SSSR count). The quantitative estimate of drug-likeness (QED) is 0.931. The summed E-state index contributed by atoms with van der Waals surface area (Å²) < 4.78 is 5.89. The summed E-state index contributed by atoms with van der Waals surface area (Å²) in [6.45, 7) is 4.63. The first-order valence-electron chi connectivity index (χ1n) is 6.09. The molecular weight excluding hydrogens is 283 g/mol. The number of ether oxygens (including phenoxy) is 1. The fourth-order valence-electron chi connectivity index (χ4n) is 1.93. The summed E-state index contributed by atoms with van der Waals surface area (Å²) in [5.74, 6) is 0.590. The summed E-state index contributed by atoms with van der Waals surface area (Å²) in [5, 5.41) is 4.98. The fraction of sp³-hybridized carbons (Fsp3) is 0.357. The molecule has 5 heteroatoms. The van der Waals surface area contributed by atoms with E-state index < -0.39 is 0 Å². The first-order chi connectivity index (χ1) is 9.02. The van der Waals surface area contributed by atoms with Gasteiger partial charge in [-0.25, -0.2) is 4.98 Å². The number of pyridine rings is 1. The third-order valence-electron chi connectivity index (χ3n) is 2.79. The van der Waals surface area contributed by atoms with E-state index in [1.165, 1.54) is 0 Å². The van der Waals surface area contributed by atoms with Gasteiger partial charge < -0.3 is 10.1 Å². The molecule has 19 heavy (non-hydrogen) atoms. The SMILES string of the molecule is CNCC(C)Oc1c(Cl)cc(Cl)c2ccc(C)nc12. The zero-order valence-electron chi connectivity index (χ0n) is 11.1. The maximum atomic E-state index is 6.24. The second-order valence-electron chi connectivity index (χ2n) is 4.50. The maximum Gasteiger partial charge on any atom is 0.164 e. The first kappa shape index (κ1) is 14.4. The Morgan fingerprint density at radius 1 is 1.32 bits per heavy atom. The van der Waals surface area contributed by atoms with Crippen LogP contribution in [-0.4, -0.2) is 24.7 Å². The Labute approximate surface area is 122 Å². The molecule has 3 nitrogen and oxygen atoms in total. The molecule has 0 aliphatic rings. The molecule has 0 saturated carbocycles. The van der Waals surface area contributed by atoms with Crippen molar-refractivity contribution < 1.29 is 4.74 Å². The number of aromatic nitrogens is 1. The lowest BCUT2D eigenvalue weighted by Crippen LogP contribution is -2.26. The molecule has 0 amide bonds. The second-order valence-corrected chi connectivity index (χ2v) is 5.32. The van der Waals surface area contributed by atoms with E-state index in [4.69, 9.17) is 27.9 Å². The highest BCUT2D eigenvalue weighted by atomic mass is 35.5. The molecular formula is C14H16Cl2N2O.